The molecule has 0 aromatic heterocycles. The van der Waals surface area contributed by atoms with Crippen molar-refractivity contribution in [1.82, 2.24) is 0 Å². The molecule has 0 aliphatic carbocycles. The van der Waals surface area contributed by atoms with Gasteiger partial charge in [-0.3, -0.25) is 0 Å². The molecule has 5 nitrogen and oxygen atoms in total. The summed E-state index contributed by atoms with van der Waals surface area (Å²) in [6.45, 7) is 0. The monoisotopic (exact) mass is 470 g/mol. The van der Waals surface area contributed by atoms with Gasteiger partial charge in [-0.25, -0.2) is 4.79 Å². The van der Waals surface area contributed by atoms with Crippen LogP contribution in [0.25, 0.3) is 0 Å². The summed E-state index contributed by atoms with van der Waals surface area (Å²) in [5.74, 6) is -0.627. The van der Waals surface area contributed by atoms with Crippen LogP contribution in [0.4, 0.5) is 0 Å². The van der Waals surface area contributed by atoms with Crippen molar-refractivity contribution < 1.29 is 14.3 Å². The Hall–Kier alpha value is -3.17. The number of hydrogen-bond donors (Lipinski definition) is 1. The quantitative estimate of drug-likeness (QED) is 0.369. The minimum Gasteiger partial charge on any atom is -0.440 e. The van der Waals surface area contributed by atoms with Crippen molar-refractivity contribution in [3.05, 3.63) is 104 Å². The van der Waals surface area contributed by atoms with Crippen molar-refractivity contribution in [2.45, 2.75) is 5.92 Å². The second-order valence-electron chi connectivity index (χ2n) is 6.66. The van der Waals surface area contributed by atoms with Crippen LogP contribution in [0.2, 0.25) is 15.1 Å². The zero-order chi connectivity index (χ0) is 22.1. The number of ether oxygens (including phenoxy) is 2. The van der Waals surface area contributed by atoms with Crippen molar-refractivity contribution in [3.63, 3.8) is 0 Å². The highest BCUT2D eigenvalue weighted by Gasteiger charge is 2.32. The molecule has 0 saturated heterocycles. The fourth-order valence-electron chi connectivity index (χ4n) is 3.35. The Morgan fingerprint density at radius 3 is 2.48 bits per heavy atom. The Bertz CT molecular complexity index is 1280. The first-order chi connectivity index (χ1) is 14.9. The lowest BCUT2D eigenvalue weighted by molar-refractivity contribution is 0.0734. The van der Waals surface area contributed by atoms with Crippen LogP contribution >= 0.6 is 34.8 Å². The van der Waals surface area contributed by atoms with E-state index in [1.165, 1.54) is 18.2 Å². The Balaban J connectivity index is 1.71. The highest BCUT2D eigenvalue weighted by atomic mass is 35.5. The number of carbonyl (C=O) groups is 1. The molecule has 0 spiro atoms. The second kappa shape index (κ2) is 8.52. The van der Waals surface area contributed by atoms with Gasteiger partial charge in [0.25, 0.3) is 0 Å². The van der Waals surface area contributed by atoms with Gasteiger partial charge in [-0.15, -0.1) is 0 Å². The normalized spacial score (nSPS) is 15.0. The zero-order valence-corrected chi connectivity index (χ0v) is 18.0. The van der Waals surface area contributed by atoms with E-state index in [-0.39, 0.29) is 27.8 Å². The van der Waals surface area contributed by atoms with Crippen molar-refractivity contribution in [3.8, 4) is 17.6 Å². The van der Waals surface area contributed by atoms with Crippen LogP contribution in [0.5, 0.6) is 11.5 Å². The number of fused-ring (bicyclic) bond motifs is 1. The van der Waals surface area contributed by atoms with E-state index in [2.05, 4.69) is 6.07 Å². The summed E-state index contributed by atoms with van der Waals surface area (Å²) in [7, 11) is 0. The number of halogens is 3. The van der Waals surface area contributed by atoms with Gasteiger partial charge in [0, 0.05) is 21.7 Å². The summed E-state index contributed by atoms with van der Waals surface area (Å²) in [6.07, 6.45) is 0. The summed E-state index contributed by atoms with van der Waals surface area (Å²) in [6, 6.07) is 18.6. The molecule has 2 N–H and O–H groups in total. The van der Waals surface area contributed by atoms with Crippen LogP contribution in [0.1, 0.15) is 27.4 Å². The molecule has 0 saturated carbocycles. The zero-order valence-electron chi connectivity index (χ0n) is 15.7. The fraction of sp³-hybridized carbons (Fsp3) is 0.0435. The van der Waals surface area contributed by atoms with Crippen molar-refractivity contribution in [2.24, 2.45) is 5.73 Å². The molecule has 1 aliphatic heterocycles. The van der Waals surface area contributed by atoms with Gasteiger partial charge >= 0.3 is 5.97 Å². The number of rotatable bonds is 3. The lowest BCUT2D eigenvalue weighted by Gasteiger charge is -2.27. The highest BCUT2D eigenvalue weighted by Crippen LogP contribution is 2.45. The lowest BCUT2D eigenvalue weighted by atomic mass is 9.83. The molecule has 0 fully saturated rings. The molecule has 1 heterocycles. The fourth-order valence-corrected chi connectivity index (χ4v) is 4.08. The lowest BCUT2D eigenvalue weighted by Crippen LogP contribution is -2.21. The van der Waals surface area contributed by atoms with E-state index in [9.17, 15) is 10.1 Å². The Morgan fingerprint density at radius 1 is 1.00 bits per heavy atom. The highest BCUT2D eigenvalue weighted by molar-refractivity contribution is 6.36. The van der Waals surface area contributed by atoms with Gasteiger partial charge in [-0.2, -0.15) is 5.26 Å². The molecular weight excluding hydrogens is 459 g/mol. The van der Waals surface area contributed by atoms with Gasteiger partial charge in [-0.1, -0.05) is 59.1 Å². The predicted octanol–water partition coefficient (Wildman–Crippen LogP) is 6.08. The molecule has 0 amide bonds. The first kappa shape index (κ1) is 21.1. The van der Waals surface area contributed by atoms with E-state index in [4.69, 9.17) is 50.0 Å². The molecule has 1 atom stereocenters. The van der Waals surface area contributed by atoms with E-state index >= 15 is 0 Å². The van der Waals surface area contributed by atoms with Crippen LogP contribution < -0.4 is 15.2 Å². The number of allylic oxidation sites excluding steroid dienone is 1. The number of hydrogen-bond acceptors (Lipinski definition) is 5. The van der Waals surface area contributed by atoms with E-state index in [0.717, 1.165) is 0 Å². The second-order valence-corrected chi connectivity index (χ2v) is 7.91. The summed E-state index contributed by atoms with van der Waals surface area (Å²) in [4.78, 5) is 12.5. The SMILES string of the molecule is N#CC1=C(N)Oc2cc(OC(=O)c3ccc(Cl)cc3Cl)ccc2C1c1ccccc1Cl. The molecule has 1 unspecified atom stereocenters. The maximum atomic E-state index is 12.5. The molecule has 8 heteroatoms. The molecule has 3 aromatic rings. The average molecular weight is 472 g/mol. The molecular formula is C23H13Cl3N2O3. The van der Waals surface area contributed by atoms with E-state index in [0.29, 0.717) is 26.9 Å². The summed E-state index contributed by atoms with van der Waals surface area (Å²) in [5.41, 5.74) is 7.82. The molecule has 0 bridgehead atoms. The third kappa shape index (κ3) is 4.06. The molecule has 3 aromatic carbocycles. The van der Waals surface area contributed by atoms with Crippen molar-refractivity contribution >= 4 is 40.8 Å². The first-order valence-electron chi connectivity index (χ1n) is 9.02. The minimum absolute atomic E-state index is 0.0378. The number of nitriles is 1. The summed E-state index contributed by atoms with van der Waals surface area (Å²) in [5, 5.41) is 10.7. The molecule has 1 aliphatic rings. The van der Waals surface area contributed by atoms with Crippen molar-refractivity contribution in [2.75, 3.05) is 0 Å². The number of nitrogens with zero attached hydrogens (tertiary/aromatic N) is 1. The van der Waals surface area contributed by atoms with Gasteiger partial charge < -0.3 is 15.2 Å². The molecule has 4 rings (SSSR count). The van der Waals surface area contributed by atoms with Crippen LogP contribution in [-0.2, 0) is 0 Å². The first-order valence-corrected chi connectivity index (χ1v) is 10.2. The smallest absolute Gasteiger partial charge is 0.345 e. The molecule has 154 valence electrons. The van der Waals surface area contributed by atoms with Crippen LogP contribution in [-0.4, -0.2) is 5.97 Å². The van der Waals surface area contributed by atoms with Crippen LogP contribution in [0, 0.1) is 11.3 Å². The Kier molecular flexibility index (Phi) is 5.79. The predicted molar refractivity (Wildman–Crippen MR) is 119 cm³/mol. The van der Waals surface area contributed by atoms with E-state index in [1.54, 1.807) is 30.3 Å². The van der Waals surface area contributed by atoms with Gasteiger partial charge in [0.15, 0.2) is 0 Å². The Labute approximate surface area is 193 Å². The van der Waals surface area contributed by atoms with Gasteiger partial charge in [0.05, 0.1) is 16.5 Å². The number of carbonyl (C=O) groups excluding carboxylic acids is 1. The summed E-state index contributed by atoms with van der Waals surface area (Å²) < 4.78 is 11.1. The minimum atomic E-state index is -0.652. The van der Waals surface area contributed by atoms with E-state index in [1.807, 2.05) is 12.1 Å². The van der Waals surface area contributed by atoms with Crippen LogP contribution in [0.3, 0.4) is 0 Å². The van der Waals surface area contributed by atoms with Crippen molar-refractivity contribution in [1.29, 1.82) is 5.26 Å². The van der Waals surface area contributed by atoms with Gasteiger partial charge in [0.1, 0.15) is 23.1 Å². The average Bonchev–Trinajstić information content (AvgIpc) is 2.73. The third-order valence-electron chi connectivity index (χ3n) is 4.77. The number of benzene rings is 3. The molecule has 0 radical (unpaired) electrons. The maximum absolute atomic E-state index is 12.5. The van der Waals surface area contributed by atoms with Gasteiger partial charge in [-0.05, 0) is 35.9 Å². The standard InChI is InChI=1S/C23H13Cl3N2O3/c24-12-5-7-15(19(26)9-12)23(29)30-13-6-8-16-20(10-13)31-22(28)17(11-27)21(16)14-3-1-2-4-18(14)25/h1-10,21H,28H2. The van der Waals surface area contributed by atoms with E-state index < -0.39 is 11.9 Å². The number of esters is 1. The largest absolute Gasteiger partial charge is 0.440 e. The van der Waals surface area contributed by atoms with Gasteiger partial charge in [0.2, 0.25) is 5.88 Å². The molecule has 31 heavy (non-hydrogen) atoms. The third-order valence-corrected chi connectivity index (χ3v) is 5.66. The summed E-state index contributed by atoms with van der Waals surface area (Å²) >= 11 is 18.3. The topological polar surface area (TPSA) is 85.3 Å². The Morgan fingerprint density at radius 2 is 1.77 bits per heavy atom. The number of nitrogens with two attached hydrogens (primary N) is 1. The van der Waals surface area contributed by atoms with Crippen LogP contribution in [0.15, 0.2) is 72.1 Å². The maximum Gasteiger partial charge on any atom is 0.345 e.